The van der Waals surface area contributed by atoms with Crippen LogP contribution in [-0.4, -0.2) is 42.9 Å². The van der Waals surface area contributed by atoms with Crippen LogP contribution in [0.25, 0.3) is 0 Å². The first-order chi connectivity index (χ1) is 10.5. The zero-order valence-corrected chi connectivity index (χ0v) is 13.2. The van der Waals surface area contributed by atoms with Crippen molar-refractivity contribution in [2.75, 3.05) is 24.6 Å². The third-order valence-electron chi connectivity index (χ3n) is 3.84. The second-order valence-electron chi connectivity index (χ2n) is 5.44. The highest BCUT2D eigenvalue weighted by atomic mass is 35.5. The molecule has 0 radical (unpaired) electrons. The van der Waals surface area contributed by atoms with Crippen LogP contribution in [0.2, 0.25) is 5.02 Å². The molecule has 3 N–H and O–H groups in total. The van der Waals surface area contributed by atoms with E-state index in [0.29, 0.717) is 13.0 Å². The van der Waals surface area contributed by atoms with Gasteiger partial charge in [0.25, 0.3) is 0 Å². The molecule has 1 aliphatic rings. The van der Waals surface area contributed by atoms with E-state index in [9.17, 15) is 9.18 Å². The molecule has 1 saturated heterocycles. The number of urea groups is 1. The van der Waals surface area contributed by atoms with Gasteiger partial charge >= 0.3 is 6.03 Å². The molecule has 1 aliphatic heterocycles. The quantitative estimate of drug-likeness (QED) is 0.775. The summed E-state index contributed by atoms with van der Waals surface area (Å²) in [6.45, 7) is 3.17. The molecule has 2 amide bonds. The number of nitrogens with zero attached hydrogens (tertiary/aromatic N) is 1. The fourth-order valence-electron chi connectivity index (χ4n) is 2.48. The van der Waals surface area contributed by atoms with E-state index in [1.807, 2.05) is 11.8 Å². The fourth-order valence-corrected chi connectivity index (χ4v) is 2.60. The number of carbonyl (C=O) groups excluding carboxylic acids is 1. The first-order valence-corrected chi connectivity index (χ1v) is 7.79. The van der Waals surface area contributed by atoms with Crippen LogP contribution in [0.4, 0.5) is 14.9 Å². The number of aliphatic hydroxyl groups excluding tert-OH is 1. The van der Waals surface area contributed by atoms with Crippen LogP contribution < -0.4 is 15.5 Å². The van der Waals surface area contributed by atoms with Gasteiger partial charge in [0.1, 0.15) is 5.82 Å². The summed E-state index contributed by atoms with van der Waals surface area (Å²) in [7, 11) is 0. The number of aliphatic hydroxyl groups is 1. The smallest absolute Gasteiger partial charge is 0.315 e. The Labute approximate surface area is 134 Å². The number of rotatable bonds is 5. The molecule has 2 atom stereocenters. The third kappa shape index (κ3) is 4.24. The van der Waals surface area contributed by atoms with Gasteiger partial charge in [-0.1, -0.05) is 18.5 Å². The predicted molar refractivity (Wildman–Crippen MR) is 84.9 cm³/mol. The lowest BCUT2D eigenvalue weighted by Gasteiger charge is -2.20. The van der Waals surface area contributed by atoms with Crippen molar-refractivity contribution in [3.8, 4) is 0 Å². The molecule has 0 aromatic heterocycles. The van der Waals surface area contributed by atoms with E-state index in [1.165, 1.54) is 12.1 Å². The molecule has 0 aliphatic carbocycles. The van der Waals surface area contributed by atoms with Crippen molar-refractivity contribution in [2.45, 2.75) is 31.8 Å². The number of amides is 2. The Kier molecular flexibility index (Phi) is 5.85. The van der Waals surface area contributed by atoms with Crippen LogP contribution >= 0.6 is 11.6 Å². The standard InChI is InChI=1S/C15H21ClFN3O2/c1-2-10(9-21)18-15(22)19-11-5-6-20(8-11)12-3-4-13(16)14(17)7-12/h3-4,7,10-11,21H,2,5-6,8-9H2,1H3,(H2,18,19,22)/t10-,11-/m1/s1. The fraction of sp³-hybridized carbons (Fsp3) is 0.533. The van der Waals surface area contributed by atoms with E-state index in [-0.39, 0.29) is 29.7 Å². The van der Waals surface area contributed by atoms with Gasteiger partial charge in [-0.3, -0.25) is 0 Å². The minimum atomic E-state index is -0.443. The number of carbonyl (C=O) groups is 1. The SMILES string of the molecule is CC[C@H](CO)NC(=O)N[C@@H]1CCN(c2ccc(Cl)c(F)c2)C1. The maximum atomic E-state index is 13.5. The van der Waals surface area contributed by atoms with Crippen molar-refractivity contribution >= 4 is 23.3 Å². The Morgan fingerprint density at radius 3 is 3.00 bits per heavy atom. The van der Waals surface area contributed by atoms with Gasteiger partial charge in [0.05, 0.1) is 17.7 Å². The van der Waals surface area contributed by atoms with Crippen LogP contribution in [0.3, 0.4) is 0 Å². The summed E-state index contributed by atoms with van der Waals surface area (Å²) in [5.74, 6) is -0.443. The van der Waals surface area contributed by atoms with Crippen LogP contribution in [0, 0.1) is 5.82 Å². The lowest BCUT2D eigenvalue weighted by Crippen LogP contribution is -2.48. The number of halogens is 2. The molecule has 5 nitrogen and oxygen atoms in total. The number of anilines is 1. The van der Waals surface area contributed by atoms with Crippen molar-refractivity contribution in [1.82, 2.24) is 10.6 Å². The second-order valence-corrected chi connectivity index (χ2v) is 5.84. The molecule has 1 fully saturated rings. The normalized spacial score (nSPS) is 19.1. The highest BCUT2D eigenvalue weighted by Gasteiger charge is 2.25. The first kappa shape index (κ1) is 16.8. The molecule has 0 spiro atoms. The Morgan fingerprint density at radius 2 is 2.36 bits per heavy atom. The van der Waals surface area contributed by atoms with E-state index in [4.69, 9.17) is 16.7 Å². The average molecular weight is 330 g/mol. The summed E-state index contributed by atoms with van der Waals surface area (Å²) in [6, 6.07) is 4.19. The van der Waals surface area contributed by atoms with Crippen LogP contribution in [0.1, 0.15) is 19.8 Å². The first-order valence-electron chi connectivity index (χ1n) is 7.41. The van der Waals surface area contributed by atoms with Gasteiger partial charge < -0.3 is 20.6 Å². The molecular formula is C15H21ClFN3O2. The monoisotopic (exact) mass is 329 g/mol. The van der Waals surface area contributed by atoms with Gasteiger partial charge in [-0.2, -0.15) is 0 Å². The maximum absolute atomic E-state index is 13.5. The minimum absolute atomic E-state index is 0.00469. The van der Waals surface area contributed by atoms with E-state index in [1.54, 1.807) is 6.07 Å². The van der Waals surface area contributed by atoms with Crippen LogP contribution in [0.15, 0.2) is 18.2 Å². The highest BCUT2D eigenvalue weighted by molar-refractivity contribution is 6.30. The molecule has 122 valence electrons. The van der Waals surface area contributed by atoms with Crippen molar-refractivity contribution in [3.05, 3.63) is 29.0 Å². The lowest BCUT2D eigenvalue weighted by molar-refractivity contribution is 0.212. The van der Waals surface area contributed by atoms with Crippen molar-refractivity contribution in [3.63, 3.8) is 0 Å². The summed E-state index contributed by atoms with van der Waals surface area (Å²) >= 11 is 5.68. The average Bonchev–Trinajstić information content (AvgIpc) is 2.96. The van der Waals surface area contributed by atoms with Crippen LogP contribution in [-0.2, 0) is 0 Å². The minimum Gasteiger partial charge on any atom is -0.394 e. The van der Waals surface area contributed by atoms with Crippen molar-refractivity contribution in [2.24, 2.45) is 0 Å². The number of benzene rings is 1. The molecule has 1 aromatic rings. The van der Waals surface area contributed by atoms with Gasteiger partial charge in [0.15, 0.2) is 0 Å². The molecule has 2 rings (SSSR count). The van der Waals surface area contributed by atoms with Gasteiger partial charge in [-0.25, -0.2) is 9.18 Å². The Hall–Kier alpha value is -1.53. The molecular weight excluding hydrogens is 309 g/mol. The Balaban J connectivity index is 1.87. The molecule has 1 heterocycles. The molecule has 1 aromatic carbocycles. The summed E-state index contributed by atoms with van der Waals surface area (Å²) < 4.78 is 13.5. The largest absolute Gasteiger partial charge is 0.394 e. The maximum Gasteiger partial charge on any atom is 0.315 e. The Bertz CT molecular complexity index is 526. The highest BCUT2D eigenvalue weighted by Crippen LogP contribution is 2.24. The van der Waals surface area contributed by atoms with Gasteiger partial charge in [0, 0.05) is 24.8 Å². The van der Waals surface area contributed by atoms with Crippen molar-refractivity contribution < 1.29 is 14.3 Å². The number of nitrogens with one attached hydrogen (secondary N) is 2. The summed E-state index contributed by atoms with van der Waals surface area (Å²) in [5, 5.41) is 14.8. The zero-order valence-electron chi connectivity index (χ0n) is 12.5. The number of hydrogen-bond acceptors (Lipinski definition) is 3. The summed E-state index contributed by atoms with van der Waals surface area (Å²) in [6.07, 6.45) is 1.46. The molecule has 0 unspecified atom stereocenters. The summed E-state index contributed by atoms with van der Waals surface area (Å²) in [4.78, 5) is 13.8. The second kappa shape index (κ2) is 7.65. The van der Waals surface area contributed by atoms with Crippen LogP contribution in [0.5, 0.6) is 0 Å². The van der Waals surface area contributed by atoms with Gasteiger partial charge in [-0.15, -0.1) is 0 Å². The molecule has 0 saturated carbocycles. The number of hydrogen-bond donors (Lipinski definition) is 3. The Morgan fingerprint density at radius 1 is 1.59 bits per heavy atom. The van der Waals surface area contributed by atoms with E-state index in [0.717, 1.165) is 18.7 Å². The zero-order chi connectivity index (χ0) is 16.1. The van der Waals surface area contributed by atoms with E-state index >= 15 is 0 Å². The topological polar surface area (TPSA) is 64.6 Å². The molecule has 22 heavy (non-hydrogen) atoms. The predicted octanol–water partition coefficient (Wildman–Crippen LogP) is 2.13. The molecule has 7 heteroatoms. The van der Waals surface area contributed by atoms with E-state index < -0.39 is 5.82 Å². The third-order valence-corrected chi connectivity index (χ3v) is 4.15. The lowest BCUT2D eigenvalue weighted by atomic mass is 10.2. The van der Waals surface area contributed by atoms with Gasteiger partial charge in [0.2, 0.25) is 0 Å². The molecule has 0 bridgehead atoms. The van der Waals surface area contributed by atoms with Crippen molar-refractivity contribution in [1.29, 1.82) is 0 Å². The van der Waals surface area contributed by atoms with E-state index in [2.05, 4.69) is 10.6 Å². The van der Waals surface area contributed by atoms with Gasteiger partial charge in [-0.05, 0) is 31.0 Å². The summed E-state index contributed by atoms with van der Waals surface area (Å²) in [5.41, 5.74) is 0.758.